The summed E-state index contributed by atoms with van der Waals surface area (Å²) in [5.74, 6) is 0.999. The SMILES string of the molecule is CC(C)C(=O)N[C@@H]1CCC[C@@H]1C. The molecule has 1 aliphatic carbocycles. The number of rotatable bonds is 2. The van der Waals surface area contributed by atoms with Gasteiger partial charge in [0.05, 0.1) is 0 Å². The van der Waals surface area contributed by atoms with Gasteiger partial charge in [-0.3, -0.25) is 4.79 Å². The highest BCUT2D eigenvalue weighted by atomic mass is 16.1. The van der Waals surface area contributed by atoms with Crippen LogP contribution in [0.15, 0.2) is 0 Å². The maximum atomic E-state index is 11.3. The summed E-state index contributed by atoms with van der Waals surface area (Å²) in [7, 11) is 0. The monoisotopic (exact) mass is 169 g/mol. The molecule has 0 aromatic carbocycles. The Kier molecular flexibility index (Phi) is 3.12. The molecule has 0 unspecified atom stereocenters. The fraction of sp³-hybridized carbons (Fsp3) is 0.900. The van der Waals surface area contributed by atoms with Crippen molar-refractivity contribution < 1.29 is 4.79 Å². The van der Waals surface area contributed by atoms with Gasteiger partial charge in [-0.1, -0.05) is 27.2 Å². The Labute approximate surface area is 74.7 Å². The van der Waals surface area contributed by atoms with Crippen LogP contribution in [0, 0.1) is 11.8 Å². The van der Waals surface area contributed by atoms with Crippen LogP contribution in [0.25, 0.3) is 0 Å². The third-order valence-corrected chi connectivity index (χ3v) is 2.71. The average Bonchev–Trinajstić information content (AvgIpc) is 2.36. The Morgan fingerprint density at radius 3 is 2.50 bits per heavy atom. The van der Waals surface area contributed by atoms with E-state index in [1.54, 1.807) is 0 Å². The standard InChI is InChI=1S/C10H19NO/c1-7(2)10(12)11-9-6-4-5-8(9)3/h7-9H,4-6H2,1-3H3,(H,11,12)/t8-,9+/m0/s1. The molecule has 1 amide bonds. The summed E-state index contributed by atoms with van der Waals surface area (Å²) >= 11 is 0. The van der Waals surface area contributed by atoms with Gasteiger partial charge < -0.3 is 5.32 Å². The van der Waals surface area contributed by atoms with Crippen molar-refractivity contribution in [3.05, 3.63) is 0 Å². The van der Waals surface area contributed by atoms with Gasteiger partial charge in [-0.25, -0.2) is 0 Å². The first-order valence-corrected chi connectivity index (χ1v) is 4.91. The summed E-state index contributed by atoms with van der Waals surface area (Å²) in [6, 6.07) is 0.444. The molecular weight excluding hydrogens is 150 g/mol. The third kappa shape index (κ3) is 2.23. The smallest absolute Gasteiger partial charge is 0.222 e. The lowest BCUT2D eigenvalue weighted by Gasteiger charge is -2.18. The van der Waals surface area contributed by atoms with Crippen LogP contribution in [0.3, 0.4) is 0 Å². The van der Waals surface area contributed by atoms with E-state index in [9.17, 15) is 4.79 Å². The summed E-state index contributed by atoms with van der Waals surface area (Å²) < 4.78 is 0. The molecule has 1 aliphatic rings. The summed E-state index contributed by atoms with van der Waals surface area (Å²) in [6.45, 7) is 6.10. The summed E-state index contributed by atoms with van der Waals surface area (Å²) in [6.07, 6.45) is 3.70. The molecule has 2 atom stereocenters. The number of carbonyl (C=O) groups is 1. The average molecular weight is 169 g/mol. The topological polar surface area (TPSA) is 29.1 Å². The van der Waals surface area contributed by atoms with Crippen molar-refractivity contribution in [3.8, 4) is 0 Å². The Morgan fingerprint density at radius 2 is 2.08 bits per heavy atom. The van der Waals surface area contributed by atoms with Crippen molar-refractivity contribution in [2.24, 2.45) is 11.8 Å². The molecule has 0 saturated heterocycles. The van der Waals surface area contributed by atoms with Gasteiger partial charge in [0.15, 0.2) is 0 Å². The van der Waals surface area contributed by atoms with Crippen LogP contribution < -0.4 is 5.32 Å². The van der Waals surface area contributed by atoms with Crippen LogP contribution in [0.2, 0.25) is 0 Å². The fourth-order valence-electron chi connectivity index (χ4n) is 1.71. The van der Waals surface area contributed by atoms with Gasteiger partial charge in [-0.2, -0.15) is 0 Å². The normalized spacial score (nSPS) is 29.3. The van der Waals surface area contributed by atoms with Crippen LogP contribution in [0.4, 0.5) is 0 Å². The van der Waals surface area contributed by atoms with Gasteiger partial charge in [-0.05, 0) is 18.8 Å². The van der Waals surface area contributed by atoms with Crippen LogP contribution >= 0.6 is 0 Å². The van der Waals surface area contributed by atoms with Gasteiger partial charge in [-0.15, -0.1) is 0 Å². The minimum atomic E-state index is 0.123. The molecule has 0 spiro atoms. The lowest BCUT2D eigenvalue weighted by molar-refractivity contribution is -0.124. The molecule has 1 N–H and O–H groups in total. The van der Waals surface area contributed by atoms with Crippen molar-refractivity contribution in [2.45, 2.75) is 46.1 Å². The molecule has 0 bridgehead atoms. The van der Waals surface area contributed by atoms with E-state index in [1.165, 1.54) is 19.3 Å². The number of hydrogen-bond donors (Lipinski definition) is 1. The zero-order chi connectivity index (χ0) is 9.14. The van der Waals surface area contributed by atoms with E-state index < -0.39 is 0 Å². The maximum absolute atomic E-state index is 11.3. The van der Waals surface area contributed by atoms with Crippen molar-refractivity contribution in [3.63, 3.8) is 0 Å². The molecule has 2 heteroatoms. The molecule has 0 radical (unpaired) electrons. The summed E-state index contributed by atoms with van der Waals surface area (Å²) in [4.78, 5) is 11.3. The van der Waals surface area contributed by atoms with Gasteiger partial charge >= 0.3 is 0 Å². The number of carbonyl (C=O) groups excluding carboxylic acids is 1. The molecule has 1 fully saturated rings. The van der Waals surface area contributed by atoms with Crippen LogP contribution in [0.5, 0.6) is 0 Å². The highest BCUT2D eigenvalue weighted by Gasteiger charge is 2.25. The minimum Gasteiger partial charge on any atom is -0.353 e. The summed E-state index contributed by atoms with van der Waals surface area (Å²) in [5, 5.41) is 3.09. The second kappa shape index (κ2) is 3.92. The zero-order valence-electron chi connectivity index (χ0n) is 8.26. The van der Waals surface area contributed by atoms with Gasteiger partial charge in [0.2, 0.25) is 5.91 Å². The second-order valence-corrected chi connectivity index (χ2v) is 4.18. The highest BCUT2D eigenvalue weighted by molar-refractivity contribution is 5.78. The lowest BCUT2D eigenvalue weighted by atomic mass is 10.1. The molecule has 12 heavy (non-hydrogen) atoms. The molecule has 0 heterocycles. The number of hydrogen-bond acceptors (Lipinski definition) is 1. The lowest BCUT2D eigenvalue weighted by Crippen LogP contribution is -2.38. The Hall–Kier alpha value is -0.530. The quantitative estimate of drug-likeness (QED) is 0.672. The Balaban J connectivity index is 2.35. The van der Waals surface area contributed by atoms with E-state index in [-0.39, 0.29) is 11.8 Å². The van der Waals surface area contributed by atoms with Crippen LogP contribution in [0.1, 0.15) is 40.0 Å². The highest BCUT2D eigenvalue weighted by Crippen LogP contribution is 2.24. The zero-order valence-corrected chi connectivity index (χ0v) is 8.26. The first kappa shape index (κ1) is 9.56. The molecule has 0 aromatic rings. The van der Waals surface area contributed by atoms with E-state index in [0.29, 0.717) is 12.0 Å². The van der Waals surface area contributed by atoms with E-state index >= 15 is 0 Å². The van der Waals surface area contributed by atoms with Crippen LogP contribution in [-0.2, 0) is 4.79 Å². The first-order valence-electron chi connectivity index (χ1n) is 4.91. The predicted molar refractivity (Wildman–Crippen MR) is 49.8 cm³/mol. The van der Waals surface area contributed by atoms with E-state index in [0.717, 1.165) is 0 Å². The van der Waals surface area contributed by atoms with Gasteiger partial charge in [0.25, 0.3) is 0 Å². The van der Waals surface area contributed by atoms with Crippen molar-refractivity contribution >= 4 is 5.91 Å². The maximum Gasteiger partial charge on any atom is 0.222 e. The Bertz CT molecular complexity index is 165. The number of nitrogens with one attached hydrogen (secondary N) is 1. The largest absolute Gasteiger partial charge is 0.353 e. The van der Waals surface area contributed by atoms with Crippen LogP contribution in [-0.4, -0.2) is 11.9 Å². The molecule has 0 aliphatic heterocycles. The first-order chi connectivity index (χ1) is 5.61. The molecule has 1 saturated carbocycles. The van der Waals surface area contributed by atoms with Crippen molar-refractivity contribution in [2.75, 3.05) is 0 Å². The summed E-state index contributed by atoms with van der Waals surface area (Å²) in [5.41, 5.74) is 0. The molecule has 70 valence electrons. The van der Waals surface area contributed by atoms with E-state index in [1.807, 2.05) is 13.8 Å². The number of amides is 1. The third-order valence-electron chi connectivity index (χ3n) is 2.71. The second-order valence-electron chi connectivity index (χ2n) is 4.18. The predicted octanol–water partition coefficient (Wildman–Crippen LogP) is 1.95. The fourth-order valence-corrected chi connectivity index (χ4v) is 1.71. The molecular formula is C10H19NO. The van der Waals surface area contributed by atoms with Gasteiger partial charge in [0, 0.05) is 12.0 Å². The Morgan fingerprint density at radius 1 is 1.42 bits per heavy atom. The van der Waals surface area contributed by atoms with E-state index in [4.69, 9.17) is 0 Å². The van der Waals surface area contributed by atoms with Crippen molar-refractivity contribution in [1.29, 1.82) is 0 Å². The van der Waals surface area contributed by atoms with Gasteiger partial charge in [0.1, 0.15) is 0 Å². The van der Waals surface area contributed by atoms with E-state index in [2.05, 4.69) is 12.2 Å². The molecule has 0 aromatic heterocycles. The molecule has 1 rings (SSSR count). The minimum absolute atomic E-state index is 0.123. The van der Waals surface area contributed by atoms with Crippen molar-refractivity contribution in [1.82, 2.24) is 5.32 Å². The molecule has 2 nitrogen and oxygen atoms in total.